The Morgan fingerprint density at radius 2 is 2.28 bits per heavy atom. The van der Waals surface area contributed by atoms with Gasteiger partial charge in [0.05, 0.1) is 11.9 Å². The van der Waals surface area contributed by atoms with E-state index in [0.29, 0.717) is 12.5 Å². The molecule has 0 aromatic carbocycles. The fourth-order valence-corrected chi connectivity index (χ4v) is 2.10. The normalized spacial score (nSPS) is 10.9. The van der Waals surface area contributed by atoms with Gasteiger partial charge in [0.15, 0.2) is 0 Å². The number of anilines is 1. The van der Waals surface area contributed by atoms with Gasteiger partial charge >= 0.3 is 0 Å². The van der Waals surface area contributed by atoms with Crippen molar-refractivity contribution in [2.75, 3.05) is 23.4 Å². The van der Waals surface area contributed by atoms with Crippen LogP contribution in [-0.2, 0) is 6.54 Å². The van der Waals surface area contributed by atoms with Crippen molar-refractivity contribution in [2.24, 2.45) is 5.92 Å². The maximum absolute atomic E-state index is 11.8. The van der Waals surface area contributed by atoms with Crippen LogP contribution in [0.5, 0.6) is 0 Å². The van der Waals surface area contributed by atoms with E-state index in [1.807, 2.05) is 11.8 Å². The van der Waals surface area contributed by atoms with Gasteiger partial charge in [0, 0.05) is 19.2 Å². The maximum Gasteiger partial charge on any atom is 0.268 e. The average Bonchev–Trinajstić information content (AvgIpc) is 2.34. The van der Waals surface area contributed by atoms with Crippen molar-refractivity contribution in [3.05, 3.63) is 22.6 Å². The minimum Gasteiger partial charge on any atom is -0.383 e. The lowest BCUT2D eigenvalue weighted by Crippen LogP contribution is -2.23. The molecular formula is C13H23N3OS. The summed E-state index contributed by atoms with van der Waals surface area (Å²) in [4.78, 5) is 11.8. The van der Waals surface area contributed by atoms with Gasteiger partial charge in [-0.3, -0.25) is 4.79 Å². The predicted molar refractivity (Wildman–Crippen MR) is 79.4 cm³/mol. The van der Waals surface area contributed by atoms with Gasteiger partial charge in [-0.05, 0) is 23.8 Å². The fourth-order valence-electron chi connectivity index (χ4n) is 1.48. The monoisotopic (exact) mass is 269 g/mol. The first-order valence-corrected chi connectivity index (χ1v) is 7.67. The van der Waals surface area contributed by atoms with Crippen molar-refractivity contribution in [3.8, 4) is 0 Å². The molecule has 0 amide bonds. The Balaban J connectivity index is 2.49. The third-order valence-corrected chi connectivity index (χ3v) is 3.43. The van der Waals surface area contributed by atoms with Crippen LogP contribution in [0.25, 0.3) is 0 Å². The molecule has 0 unspecified atom stereocenters. The third kappa shape index (κ3) is 5.58. The van der Waals surface area contributed by atoms with Crippen LogP contribution in [0.15, 0.2) is 17.1 Å². The minimum atomic E-state index is -0.0229. The van der Waals surface area contributed by atoms with E-state index in [0.717, 1.165) is 30.2 Å². The zero-order valence-electron chi connectivity index (χ0n) is 11.5. The predicted octanol–water partition coefficient (Wildman–Crippen LogP) is 2.45. The maximum atomic E-state index is 11.8. The summed E-state index contributed by atoms with van der Waals surface area (Å²) in [5.41, 5.74) is 0.790. The van der Waals surface area contributed by atoms with Gasteiger partial charge in [-0.1, -0.05) is 20.8 Å². The van der Waals surface area contributed by atoms with E-state index in [1.165, 1.54) is 4.68 Å². The molecule has 0 atom stereocenters. The van der Waals surface area contributed by atoms with E-state index in [9.17, 15) is 4.79 Å². The Labute approximate surface area is 113 Å². The van der Waals surface area contributed by atoms with E-state index >= 15 is 0 Å². The van der Waals surface area contributed by atoms with E-state index < -0.39 is 0 Å². The van der Waals surface area contributed by atoms with E-state index in [1.54, 1.807) is 12.3 Å². The van der Waals surface area contributed by atoms with Crippen molar-refractivity contribution < 1.29 is 0 Å². The molecule has 0 spiro atoms. The highest BCUT2D eigenvalue weighted by atomic mass is 32.2. The van der Waals surface area contributed by atoms with E-state index in [2.05, 4.69) is 31.2 Å². The highest BCUT2D eigenvalue weighted by molar-refractivity contribution is 7.99. The standard InChI is InChI=1S/C13H23N3OS/c1-4-18-7-5-6-16-13(17)8-12(10-15-16)14-9-11(2)3/h8,10-11,14H,4-7,9H2,1-3H3. The Morgan fingerprint density at radius 3 is 2.89 bits per heavy atom. The van der Waals surface area contributed by atoms with E-state index in [4.69, 9.17) is 0 Å². The summed E-state index contributed by atoms with van der Waals surface area (Å²) in [6.07, 6.45) is 2.72. The van der Waals surface area contributed by atoms with Gasteiger partial charge in [-0.2, -0.15) is 16.9 Å². The molecule has 5 heteroatoms. The Hall–Kier alpha value is -0.970. The number of rotatable bonds is 8. The number of thioether (sulfide) groups is 1. The number of nitrogens with zero attached hydrogens (tertiary/aromatic N) is 2. The molecule has 1 aromatic heterocycles. The van der Waals surface area contributed by atoms with Crippen molar-refractivity contribution in [1.82, 2.24) is 9.78 Å². The molecule has 18 heavy (non-hydrogen) atoms. The lowest BCUT2D eigenvalue weighted by atomic mass is 10.2. The SMILES string of the molecule is CCSCCCn1ncc(NCC(C)C)cc1=O. The van der Waals surface area contributed by atoms with Crippen molar-refractivity contribution in [3.63, 3.8) is 0 Å². The minimum absolute atomic E-state index is 0.0229. The highest BCUT2D eigenvalue weighted by Crippen LogP contribution is 2.04. The van der Waals surface area contributed by atoms with Crippen LogP contribution in [0, 0.1) is 5.92 Å². The van der Waals surface area contributed by atoms with Crippen molar-refractivity contribution >= 4 is 17.4 Å². The third-order valence-electron chi connectivity index (χ3n) is 2.45. The average molecular weight is 269 g/mol. The Morgan fingerprint density at radius 1 is 1.50 bits per heavy atom. The summed E-state index contributed by atoms with van der Waals surface area (Å²) in [7, 11) is 0. The summed E-state index contributed by atoms with van der Waals surface area (Å²) < 4.78 is 1.54. The van der Waals surface area contributed by atoms with Crippen LogP contribution < -0.4 is 10.9 Å². The largest absolute Gasteiger partial charge is 0.383 e. The number of hydrogen-bond acceptors (Lipinski definition) is 4. The van der Waals surface area contributed by atoms with E-state index in [-0.39, 0.29) is 5.56 Å². The topological polar surface area (TPSA) is 46.9 Å². The zero-order valence-corrected chi connectivity index (χ0v) is 12.3. The van der Waals surface area contributed by atoms with Crippen molar-refractivity contribution in [2.45, 2.75) is 33.7 Å². The molecule has 0 saturated heterocycles. The molecule has 0 bridgehead atoms. The first-order valence-electron chi connectivity index (χ1n) is 6.52. The van der Waals surface area contributed by atoms with Crippen LogP contribution in [0.1, 0.15) is 27.2 Å². The molecular weight excluding hydrogens is 246 g/mol. The first kappa shape index (κ1) is 15.1. The quantitative estimate of drug-likeness (QED) is 0.736. The van der Waals surface area contributed by atoms with Crippen LogP contribution in [0.3, 0.4) is 0 Å². The smallest absolute Gasteiger partial charge is 0.268 e. The van der Waals surface area contributed by atoms with Gasteiger partial charge in [-0.25, -0.2) is 4.68 Å². The molecule has 1 aromatic rings. The van der Waals surface area contributed by atoms with Gasteiger partial charge in [-0.15, -0.1) is 0 Å². The van der Waals surface area contributed by atoms with Gasteiger partial charge in [0.2, 0.25) is 0 Å². The Kier molecular flexibility index (Phi) is 6.86. The van der Waals surface area contributed by atoms with Crippen molar-refractivity contribution in [1.29, 1.82) is 0 Å². The van der Waals surface area contributed by atoms with Crippen LogP contribution in [0.2, 0.25) is 0 Å². The number of aromatic nitrogens is 2. The molecule has 1 N–H and O–H groups in total. The second-order valence-electron chi connectivity index (χ2n) is 4.63. The number of aryl methyl sites for hydroxylation is 1. The molecule has 4 nitrogen and oxygen atoms in total. The summed E-state index contributed by atoms with van der Waals surface area (Å²) in [5.74, 6) is 2.76. The summed E-state index contributed by atoms with van der Waals surface area (Å²) in [6, 6.07) is 1.63. The van der Waals surface area contributed by atoms with Crippen LogP contribution in [-0.4, -0.2) is 27.8 Å². The van der Waals surface area contributed by atoms with Gasteiger partial charge in [0.1, 0.15) is 0 Å². The molecule has 0 aliphatic heterocycles. The Bertz CT molecular complexity index is 403. The van der Waals surface area contributed by atoms with Crippen LogP contribution >= 0.6 is 11.8 Å². The second-order valence-corrected chi connectivity index (χ2v) is 6.02. The lowest BCUT2D eigenvalue weighted by Gasteiger charge is -2.09. The molecule has 0 radical (unpaired) electrons. The molecule has 0 aliphatic carbocycles. The second kappa shape index (κ2) is 8.19. The zero-order chi connectivity index (χ0) is 13.4. The molecule has 0 saturated carbocycles. The fraction of sp³-hybridized carbons (Fsp3) is 0.692. The molecule has 1 heterocycles. The number of hydrogen-bond donors (Lipinski definition) is 1. The summed E-state index contributed by atoms with van der Waals surface area (Å²) in [5, 5.41) is 7.39. The van der Waals surface area contributed by atoms with Crippen LogP contribution in [0.4, 0.5) is 5.69 Å². The lowest BCUT2D eigenvalue weighted by molar-refractivity contribution is 0.571. The molecule has 1 rings (SSSR count). The first-order chi connectivity index (χ1) is 8.63. The van der Waals surface area contributed by atoms with Gasteiger partial charge < -0.3 is 5.32 Å². The van der Waals surface area contributed by atoms with Gasteiger partial charge in [0.25, 0.3) is 5.56 Å². The highest BCUT2D eigenvalue weighted by Gasteiger charge is 2.01. The number of nitrogens with one attached hydrogen (secondary N) is 1. The molecule has 102 valence electrons. The summed E-state index contributed by atoms with van der Waals surface area (Å²) in [6.45, 7) is 7.97. The molecule has 0 fully saturated rings. The molecule has 0 aliphatic rings. The summed E-state index contributed by atoms with van der Waals surface area (Å²) >= 11 is 1.89.